The van der Waals surface area contributed by atoms with Gasteiger partial charge in [-0.1, -0.05) is 23.5 Å². The molecule has 152 valence electrons. The van der Waals surface area contributed by atoms with Crippen molar-refractivity contribution in [1.29, 1.82) is 0 Å². The van der Waals surface area contributed by atoms with Crippen LogP contribution in [-0.4, -0.2) is 22.8 Å². The maximum atomic E-state index is 13.0. The first-order valence-corrected chi connectivity index (χ1v) is 10.0. The predicted octanol–water partition coefficient (Wildman–Crippen LogP) is 4.88. The molecule has 1 aliphatic rings. The van der Waals surface area contributed by atoms with E-state index in [4.69, 9.17) is 0 Å². The van der Waals surface area contributed by atoms with Gasteiger partial charge in [-0.15, -0.1) is 0 Å². The summed E-state index contributed by atoms with van der Waals surface area (Å²) >= 11 is 1.18. The van der Waals surface area contributed by atoms with Crippen molar-refractivity contribution in [1.82, 2.24) is 4.98 Å². The Morgan fingerprint density at radius 2 is 1.48 bits per heavy atom. The molecular weight excluding hydrogens is 419 g/mol. The van der Waals surface area contributed by atoms with E-state index in [1.54, 1.807) is 42.5 Å². The maximum absolute atomic E-state index is 13.0. The van der Waals surface area contributed by atoms with Gasteiger partial charge in [-0.05, 0) is 54.6 Å². The molecule has 5 rings (SSSR count). The lowest BCUT2D eigenvalue weighted by Crippen LogP contribution is -2.29. The first-order chi connectivity index (χ1) is 15.0. The Kier molecular flexibility index (Phi) is 4.45. The number of benzene rings is 3. The third-order valence-electron chi connectivity index (χ3n) is 4.72. The Bertz CT molecular complexity index is 1330. The molecule has 0 unspecified atom stereocenters. The number of anilines is 3. The van der Waals surface area contributed by atoms with Crippen molar-refractivity contribution < 1.29 is 18.8 Å². The number of hydrogen-bond donors (Lipinski definition) is 2. The largest absolute Gasteiger partial charge is 0.323 e. The molecule has 0 atom stereocenters. The quantitative estimate of drug-likeness (QED) is 0.452. The predicted molar refractivity (Wildman–Crippen MR) is 116 cm³/mol. The van der Waals surface area contributed by atoms with Gasteiger partial charge < -0.3 is 10.6 Å². The van der Waals surface area contributed by atoms with Crippen LogP contribution in [0.4, 0.5) is 25.7 Å². The van der Waals surface area contributed by atoms with Gasteiger partial charge in [-0.25, -0.2) is 19.1 Å². The van der Waals surface area contributed by atoms with Crippen molar-refractivity contribution in [2.45, 2.75) is 0 Å². The summed E-state index contributed by atoms with van der Waals surface area (Å²) < 4.78 is 13.7. The first kappa shape index (κ1) is 18.9. The van der Waals surface area contributed by atoms with E-state index in [0.717, 1.165) is 4.90 Å². The Balaban J connectivity index is 1.37. The van der Waals surface area contributed by atoms with Crippen LogP contribution in [0.3, 0.4) is 0 Å². The number of carbonyl (C=O) groups excluding carboxylic acids is 3. The van der Waals surface area contributed by atoms with E-state index < -0.39 is 23.7 Å². The van der Waals surface area contributed by atoms with Gasteiger partial charge in [0, 0.05) is 11.4 Å². The van der Waals surface area contributed by atoms with Crippen LogP contribution >= 0.6 is 11.3 Å². The number of fused-ring (bicyclic) bond motifs is 2. The number of nitrogens with one attached hydrogen (secondary N) is 2. The Labute approximate surface area is 179 Å². The van der Waals surface area contributed by atoms with Crippen LogP contribution in [0.5, 0.6) is 0 Å². The summed E-state index contributed by atoms with van der Waals surface area (Å²) in [6.45, 7) is 0. The van der Waals surface area contributed by atoms with Crippen molar-refractivity contribution in [2.24, 2.45) is 0 Å². The summed E-state index contributed by atoms with van der Waals surface area (Å²) in [5, 5.41) is 5.58. The normalized spacial score (nSPS) is 12.9. The highest BCUT2D eigenvalue weighted by atomic mass is 32.1. The number of urea groups is 1. The van der Waals surface area contributed by atoms with Crippen molar-refractivity contribution >= 4 is 55.9 Å². The fraction of sp³-hybridized carbons (Fsp3) is 0. The lowest BCUT2D eigenvalue weighted by Gasteiger charge is -2.08. The number of carbonyl (C=O) groups is 3. The average molecular weight is 432 g/mol. The van der Waals surface area contributed by atoms with Gasteiger partial charge in [0.05, 0.1) is 21.3 Å². The van der Waals surface area contributed by atoms with Crippen LogP contribution in [-0.2, 0) is 0 Å². The zero-order valence-electron chi connectivity index (χ0n) is 15.8. The minimum absolute atomic E-state index is 0.272. The summed E-state index contributed by atoms with van der Waals surface area (Å²) in [4.78, 5) is 43.0. The zero-order chi connectivity index (χ0) is 21.5. The molecule has 0 fully saturated rings. The number of rotatable bonds is 3. The number of halogens is 1. The zero-order valence-corrected chi connectivity index (χ0v) is 16.6. The van der Waals surface area contributed by atoms with E-state index in [0.29, 0.717) is 32.7 Å². The molecule has 1 aliphatic heterocycles. The monoisotopic (exact) mass is 432 g/mol. The number of aromatic nitrogens is 1. The smallest absolute Gasteiger partial charge is 0.308 e. The van der Waals surface area contributed by atoms with E-state index in [-0.39, 0.29) is 5.13 Å². The fourth-order valence-corrected chi connectivity index (χ4v) is 4.28. The third kappa shape index (κ3) is 3.40. The second-order valence-corrected chi connectivity index (χ2v) is 7.77. The lowest BCUT2D eigenvalue weighted by atomic mass is 10.1. The van der Waals surface area contributed by atoms with E-state index in [2.05, 4.69) is 15.6 Å². The highest BCUT2D eigenvalue weighted by molar-refractivity contribution is 7.22. The Morgan fingerprint density at radius 1 is 0.871 bits per heavy atom. The van der Waals surface area contributed by atoms with Crippen LogP contribution in [0, 0.1) is 5.82 Å². The van der Waals surface area contributed by atoms with Crippen molar-refractivity contribution in [3.05, 3.63) is 83.7 Å². The summed E-state index contributed by atoms with van der Waals surface area (Å²) in [6, 6.07) is 16.6. The number of thiazole rings is 1. The van der Waals surface area contributed by atoms with Gasteiger partial charge >= 0.3 is 6.03 Å². The molecule has 0 spiro atoms. The Morgan fingerprint density at radius 3 is 2.16 bits per heavy atom. The van der Waals surface area contributed by atoms with Crippen LogP contribution in [0.15, 0.2) is 66.7 Å². The third-order valence-corrected chi connectivity index (χ3v) is 5.73. The number of nitrogens with zero attached hydrogens (tertiary/aromatic N) is 2. The second kappa shape index (κ2) is 7.29. The lowest BCUT2D eigenvalue weighted by molar-refractivity contribution is 0.0926. The highest BCUT2D eigenvalue weighted by Crippen LogP contribution is 2.35. The topological polar surface area (TPSA) is 91.4 Å². The standard InChI is InChI=1S/C22H13FN4O3S/c23-12-5-7-13(8-6-12)24-21(30)25-14-9-10-17-18(11-14)31-22(26-17)27-19(28)15-3-1-2-4-16(15)20(27)29/h1-11H,(H2,24,25,30). The molecule has 0 radical (unpaired) electrons. The minimum atomic E-state index is -0.490. The molecule has 2 heterocycles. The van der Waals surface area contributed by atoms with Crippen molar-refractivity contribution in [3.8, 4) is 0 Å². The first-order valence-electron chi connectivity index (χ1n) is 9.21. The van der Waals surface area contributed by atoms with Gasteiger partial charge in [-0.3, -0.25) is 9.59 Å². The molecule has 9 heteroatoms. The molecule has 31 heavy (non-hydrogen) atoms. The molecule has 0 bridgehead atoms. The highest BCUT2D eigenvalue weighted by Gasteiger charge is 2.38. The minimum Gasteiger partial charge on any atom is -0.308 e. The molecule has 7 nitrogen and oxygen atoms in total. The van der Waals surface area contributed by atoms with Crippen LogP contribution in [0.2, 0.25) is 0 Å². The molecule has 0 saturated heterocycles. The Hall–Kier alpha value is -4.11. The summed E-state index contributed by atoms with van der Waals surface area (Å²) in [5.74, 6) is -1.20. The van der Waals surface area contributed by atoms with Crippen LogP contribution in [0.25, 0.3) is 10.2 Å². The SMILES string of the molecule is O=C(Nc1ccc(F)cc1)Nc1ccc2nc(N3C(=O)c4ccccc4C3=O)sc2c1. The van der Waals surface area contributed by atoms with E-state index >= 15 is 0 Å². The fourth-order valence-electron chi connectivity index (χ4n) is 3.28. The van der Waals surface area contributed by atoms with Crippen molar-refractivity contribution in [2.75, 3.05) is 15.5 Å². The van der Waals surface area contributed by atoms with E-state index in [9.17, 15) is 18.8 Å². The summed E-state index contributed by atoms with van der Waals surface area (Å²) in [5.41, 5.74) is 2.26. The van der Waals surface area contributed by atoms with Gasteiger partial charge in [-0.2, -0.15) is 0 Å². The number of hydrogen-bond acceptors (Lipinski definition) is 5. The van der Waals surface area contributed by atoms with Gasteiger partial charge in [0.15, 0.2) is 0 Å². The maximum Gasteiger partial charge on any atom is 0.323 e. The molecule has 2 N–H and O–H groups in total. The van der Waals surface area contributed by atoms with Gasteiger partial charge in [0.2, 0.25) is 5.13 Å². The van der Waals surface area contributed by atoms with Gasteiger partial charge in [0.1, 0.15) is 5.82 Å². The average Bonchev–Trinajstić information content (AvgIpc) is 3.28. The molecule has 3 aromatic carbocycles. The summed E-state index contributed by atoms with van der Waals surface area (Å²) in [7, 11) is 0. The molecule has 0 saturated carbocycles. The van der Waals surface area contributed by atoms with Crippen LogP contribution < -0.4 is 15.5 Å². The number of amides is 4. The molecule has 4 amide bonds. The molecule has 1 aromatic heterocycles. The van der Waals surface area contributed by atoms with E-state index in [1.807, 2.05) is 0 Å². The number of imide groups is 1. The molecule has 4 aromatic rings. The van der Waals surface area contributed by atoms with Crippen molar-refractivity contribution in [3.63, 3.8) is 0 Å². The molecule has 0 aliphatic carbocycles. The molecular formula is C22H13FN4O3S. The van der Waals surface area contributed by atoms with Crippen LogP contribution in [0.1, 0.15) is 20.7 Å². The van der Waals surface area contributed by atoms with E-state index in [1.165, 1.54) is 35.6 Å². The second-order valence-electron chi connectivity index (χ2n) is 6.76. The van der Waals surface area contributed by atoms with Gasteiger partial charge in [0.25, 0.3) is 11.8 Å². The summed E-state index contributed by atoms with van der Waals surface area (Å²) in [6.07, 6.45) is 0.